The van der Waals surface area contributed by atoms with Crippen LogP contribution in [0.3, 0.4) is 0 Å². The van der Waals surface area contributed by atoms with E-state index in [2.05, 4.69) is 92.2 Å². The highest BCUT2D eigenvalue weighted by Crippen LogP contribution is 2.40. The molecule has 126 valence electrons. The maximum atomic E-state index is 5.00. The van der Waals surface area contributed by atoms with E-state index in [4.69, 9.17) is 4.99 Å². The van der Waals surface area contributed by atoms with Gasteiger partial charge in [-0.2, -0.15) is 0 Å². The van der Waals surface area contributed by atoms with Gasteiger partial charge in [-0.15, -0.1) is 0 Å². The molecule has 1 heterocycles. The molecule has 0 radical (unpaired) electrons. The third kappa shape index (κ3) is 2.73. The molecule has 0 aliphatic carbocycles. The van der Waals surface area contributed by atoms with Gasteiger partial charge in [-0.05, 0) is 52.6 Å². The number of halogens is 1. The SMILES string of the molecule is CC(C)c1cc(C2=Nc3ccc(Br)c4cccc2c34)cc(C(C)C)c1. The summed E-state index contributed by atoms with van der Waals surface area (Å²) < 4.78 is 1.13. The zero-order valence-electron chi connectivity index (χ0n) is 15.1. The molecule has 1 nitrogen and oxygen atoms in total. The summed E-state index contributed by atoms with van der Waals surface area (Å²) in [5.74, 6) is 1.01. The Morgan fingerprint density at radius 1 is 0.840 bits per heavy atom. The van der Waals surface area contributed by atoms with Crippen LogP contribution in [-0.4, -0.2) is 5.71 Å². The molecule has 3 aromatic carbocycles. The second kappa shape index (κ2) is 6.10. The monoisotopic (exact) mass is 391 g/mol. The van der Waals surface area contributed by atoms with Crippen LogP contribution in [0.5, 0.6) is 0 Å². The predicted molar refractivity (Wildman–Crippen MR) is 112 cm³/mol. The Morgan fingerprint density at radius 3 is 2.16 bits per heavy atom. The number of aliphatic imine (C=N–C) groups is 1. The van der Waals surface area contributed by atoms with Gasteiger partial charge in [0, 0.05) is 21.0 Å². The van der Waals surface area contributed by atoms with E-state index in [1.54, 1.807) is 0 Å². The largest absolute Gasteiger partial charge is 0.247 e. The van der Waals surface area contributed by atoms with E-state index in [1.807, 2.05) is 0 Å². The first-order valence-corrected chi connectivity index (χ1v) is 9.70. The van der Waals surface area contributed by atoms with Gasteiger partial charge in [0.2, 0.25) is 0 Å². The van der Waals surface area contributed by atoms with Crippen molar-refractivity contribution in [2.24, 2.45) is 4.99 Å². The molecule has 4 rings (SSSR count). The van der Waals surface area contributed by atoms with Gasteiger partial charge in [-0.1, -0.05) is 67.9 Å². The molecular formula is C23H22BrN. The van der Waals surface area contributed by atoms with Gasteiger partial charge in [-0.25, -0.2) is 4.99 Å². The summed E-state index contributed by atoms with van der Waals surface area (Å²) in [7, 11) is 0. The Kier molecular flexibility index (Phi) is 4.04. The molecule has 2 heteroatoms. The topological polar surface area (TPSA) is 12.4 Å². The summed E-state index contributed by atoms with van der Waals surface area (Å²) in [5.41, 5.74) is 7.41. The van der Waals surface area contributed by atoms with E-state index >= 15 is 0 Å². The van der Waals surface area contributed by atoms with Crippen LogP contribution in [0, 0.1) is 0 Å². The predicted octanol–water partition coefficient (Wildman–Crippen LogP) is 7.33. The summed E-state index contributed by atoms with van der Waals surface area (Å²) in [6, 6.07) is 17.7. The zero-order valence-corrected chi connectivity index (χ0v) is 16.7. The van der Waals surface area contributed by atoms with Crippen molar-refractivity contribution in [2.75, 3.05) is 0 Å². The highest BCUT2D eigenvalue weighted by molar-refractivity contribution is 9.10. The molecule has 0 saturated heterocycles. The van der Waals surface area contributed by atoms with E-state index in [-0.39, 0.29) is 0 Å². The van der Waals surface area contributed by atoms with Crippen molar-refractivity contribution in [2.45, 2.75) is 39.5 Å². The van der Waals surface area contributed by atoms with Gasteiger partial charge in [0.25, 0.3) is 0 Å². The van der Waals surface area contributed by atoms with Gasteiger partial charge < -0.3 is 0 Å². The maximum Gasteiger partial charge on any atom is 0.0789 e. The lowest BCUT2D eigenvalue weighted by atomic mass is 9.90. The molecule has 0 unspecified atom stereocenters. The highest BCUT2D eigenvalue weighted by Gasteiger charge is 2.21. The Bertz CT molecular complexity index is 986. The van der Waals surface area contributed by atoms with E-state index < -0.39 is 0 Å². The Morgan fingerprint density at radius 2 is 1.52 bits per heavy atom. The van der Waals surface area contributed by atoms with Crippen LogP contribution < -0.4 is 0 Å². The number of benzene rings is 3. The molecule has 0 bridgehead atoms. The molecule has 0 saturated carbocycles. The third-order valence-corrected chi connectivity index (χ3v) is 5.73. The lowest BCUT2D eigenvalue weighted by Gasteiger charge is -2.15. The Balaban J connectivity index is 1.95. The fourth-order valence-electron chi connectivity index (χ4n) is 3.52. The normalized spacial score (nSPS) is 13.2. The quantitative estimate of drug-likeness (QED) is 0.346. The number of hydrogen-bond donors (Lipinski definition) is 0. The van der Waals surface area contributed by atoms with Crippen molar-refractivity contribution in [3.05, 3.63) is 75.3 Å². The lowest BCUT2D eigenvalue weighted by Crippen LogP contribution is -2.04. The fourth-order valence-corrected chi connectivity index (χ4v) is 3.99. The Hall–Kier alpha value is -1.93. The van der Waals surface area contributed by atoms with Crippen molar-refractivity contribution >= 4 is 38.1 Å². The minimum absolute atomic E-state index is 0.506. The van der Waals surface area contributed by atoms with Gasteiger partial charge in [0.15, 0.2) is 0 Å². The van der Waals surface area contributed by atoms with Crippen LogP contribution >= 0.6 is 15.9 Å². The van der Waals surface area contributed by atoms with Gasteiger partial charge in [0.1, 0.15) is 0 Å². The fraction of sp³-hybridized carbons (Fsp3) is 0.261. The van der Waals surface area contributed by atoms with Crippen LogP contribution in [0.25, 0.3) is 10.8 Å². The minimum atomic E-state index is 0.506. The zero-order chi connectivity index (χ0) is 17.7. The summed E-state index contributed by atoms with van der Waals surface area (Å²) in [6.45, 7) is 9.02. The molecule has 0 atom stereocenters. The lowest BCUT2D eigenvalue weighted by molar-refractivity contribution is 0.833. The van der Waals surface area contributed by atoms with Crippen LogP contribution in [-0.2, 0) is 0 Å². The van der Waals surface area contributed by atoms with Gasteiger partial charge in [0.05, 0.1) is 11.4 Å². The van der Waals surface area contributed by atoms with Crippen molar-refractivity contribution in [1.29, 1.82) is 0 Å². The maximum absolute atomic E-state index is 5.00. The summed E-state index contributed by atoms with van der Waals surface area (Å²) in [5, 5.41) is 2.49. The molecule has 0 N–H and O–H groups in total. The van der Waals surface area contributed by atoms with Crippen LogP contribution in [0.4, 0.5) is 5.69 Å². The molecule has 1 aliphatic rings. The van der Waals surface area contributed by atoms with Crippen molar-refractivity contribution in [1.82, 2.24) is 0 Å². The van der Waals surface area contributed by atoms with Crippen molar-refractivity contribution in [3.63, 3.8) is 0 Å². The molecular weight excluding hydrogens is 370 g/mol. The molecule has 0 amide bonds. The van der Waals surface area contributed by atoms with Crippen molar-refractivity contribution in [3.8, 4) is 0 Å². The van der Waals surface area contributed by atoms with Crippen LogP contribution in [0.1, 0.15) is 61.8 Å². The van der Waals surface area contributed by atoms with E-state index in [0.717, 1.165) is 15.9 Å². The average Bonchev–Trinajstić information content (AvgIpc) is 2.98. The van der Waals surface area contributed by atoms with Crippen LogP contribution in [0.2, 0.25) is 0 Å². The molecule has 0 aromatic heterocycles. The Labute approximate surface area is 157 Å². The first-order chi connectivity index (χ1) is 12.0. The smallest absolute Gasteiger partial charge is 0.0789 e. The second-order valence-corrected chi connectivity index (χ2v) is 8.31. The molecule has 1 aliphatic heterocycles. The third-order valence-electron chi connectivity index (χ3n) is 5.04. The average molecular weight is 392 g/mol. The van der Waals surface area contributed by atoms with E-state index in [9.17, 15) is 0 Å². The molecule has 3 aromatic rings. The summed E-state index contributed by atoms with van der Waals surface area (Å²) in [4.78, 5) is 5.00. The standard InChI is InChI=1S/C23H22BrN/c1-13(2)15-10-16(14(3)4)12-17(11-15)23-19-7-5-6-18-20(24)8-9-21(25-23)22(18)19/h5-14H,1-4H3. The summed E-state index contributed by atoms with van der Waals surface area (Å²) >= 11 is 3.68. The first kappa shape index (κ1) is 16.5. The number of hydrogen-bond acceptors (Lipinski definition) is 1. The van der Waals surface area contributed by atoms with E-state index in [0.29, 0.717) is 11.8 Å². The number of rotatable bonds is 3. The summed E-state index contributed by atoms with van der Waals surface area (Å²) in [6.07, 6.45) is 0. The number of nitrogens with zero attached hydrogens (tertiary/aromatic N) is 1. The molecule has 25 heavy (non-hydrogen) atoms. The molecule has 0 spiro atoms. The molecule has 0 fully saturated rings. The van der Waals surface area contributed by atoms with Crippen molar-refractivity contribution < 1.29 is 0 Å². The highest BCUT2D eigenvalue weighted by atomic mass is 79.9. The minimum Gasteiger partial charge on any atom is -0.247 e. The van der Waals surface area contributed by atoms with Gasteiger partial charge in [-0.3, -0.25) is 0 Å². The second-order valence-electron chi connectivity index (χ2n) is 7.45. The van der Waals surface area contributed by atoms with Gasteiger partial charge >= 0.3 is 0 Å². The van der Waals surface area contributed by atoms with E-state index in [1.165, 1.54) is 33.0 Å². The van der Waals surface area contributed by atoms with Crippen LogP contribution in [0.15, 0.2) is 58.0 Å². The first-order valence-electron chi connectivity index (χ1n) is 8.91.